The van der Waals surface area contributed by atoms with Gasteiger partial charge in [-0.2, -0.15) is 8.78 Å². The van der Waals surface area contributed by atoms with Crippen molar-refractivity contribution < 1.29 is 8.78 Å². The van der Waals surface area contributed by atoms with Crippen molar-refractivity contribution >= 4 is 11.3 Å². The highest BCUT2D eigenvalue weighted by atomic mass is 32.1. The number of hydrogen-bond donors (Lipinski definition) is 0. The number of halogens is 2. The van der Waals surface area contributed by atoms with Gasteiger partial charge in [0.25, 0.3) is 5.92 Å². The highest BCUT2D eigenvalue weighted by molar-refractivity contribution is 7.09. The van der Waals surface area contributed by atoms with Crippen molar-refractivity contribution in [1.82, 2.24) is 4.98 Å². The Bertz CT molecular complexity index is 292. The number of aromatic nitrogens is 1. The molecule has 0 aliphatic rings. The van der Waals surface area contributed by atoms with E-state index < -0.39 is 5.92 Å². The summed E-state index contributed by atoms with van der Waals surface area (Å²) in [7, 11) is 0. The van der Waals surface area contributed by atoms with Crippen LogP contribution in [0, 0.1) is 12.3 Å². The van der Waals surface area contributed by atoms with Crippen molar-refractivity contribution in [1.29, 1.82) is 0 Å². The number of terminal acetylenes is 1. The molecular formula is C7H5F2NS. The monoisotopic (exact) mass is 173 g/mol. The Hall–Kier alpha value is -0.950. The largest absolute Gasteiger partial charge is 0.296 e. The van der Waals surface area contributed by atoms with E-state index in [0.29, 0.717) is 0 Å². The Morgan fingerprint density at radius 3 is 2.64 bits per heavy atom. The number of hydrogen-bond acceptors (Lipinski definition) is 2. The number of alkyl halides is 2. The average Bonchev–Trinajstić information content (AvgIpc) is 2.32. The lowest BCUT2D eigenvalue weighted by Gasteiger charge is -2.03. The summed E-state index contributed by atoms with van der Waals surface area (Å²) in [6, 6.07) is 0. The number of thiazole rings is 1. The summed E-state index contributed by atoms with van der Waals surface area (Å²) in [5.41, 5.74) is 0.270. The molecule has 0 spiro atoms. The van der Waals surface area contributed by atoms with Gasteiger partial charge in [-0.15, -0.1) is 17.8 Å². The minimum absolute atomic E-state index is 0.231. The standard InChI is InChI=1S/C7H5F2NS/c1-3-5-4-11-6(10-5)7(2,8)9/h1,4H,2H3. The molecule has 11 heavy (non-hydrogen) atoms. The highest BCUT2D eigenvalue weighted by Gasteiger charge is 2.27. The lowest BCUT2D eigenvalue weighted by Crippen LogP contribution is -2.05. The van der Waals surface area contributed by atoms with Crippen molar-refractivity contribution in [3.8, 4) is 12.3 Å². The molecule has 1 rings (SSSR count). The van der Waals surface area contributed by atoms with E-state index in [2.05, 4.69) is 10.9 Å². The molecule has 1 aromatic heterocycles. The molecule has 0 bridgehead atoms. The summed E-state index contributed by atoms with van der Waals surface area (Å²) in [4.78, 5) is 3.53. The predicted molar refractivity (Wildman–Crippen MR) is 39.6 cm³/mol. The van der Waals surface area contributed by atoms with Crippen molar-refractivity contribution in [2.75, 3.05) is 0 Å². The van der Waals surface area contributed by atoms with Crippen LogP contribution in [0.1, 0.15) is 17.6 Å². The lowest BCUT2D eigenvalue weighted by atomic mass is 10.4. The summed E-state index contributed by atoms with van der Waals surface area (Å²) < 4.78 is 25.0. The van der Waals surface area contributed by atoms with Crippen LogP contribution in [-0.4, -0.2) is 4.98 Å². The van der Waals surface area contributed by atoms with Crippen molar-refractivity contribution in [2.45, 2.75) is 12.8 Å². The summed E-state index contributed by atoms with van der Waals surface area (Å²) in [6.45, 7) is 0.798. The number of nitrogens with zero attached hydrogens (tertiary/aromatic N) is 1. The van der Waals surface area contributed by atoms with Gasteiger partial charge in [-0.25, -0.2) is 4.98 Å². The average molecular weight is 173 g/mol. The summed E-state index contributed by atoms with van der Waals surface area (Å²) >= 11 is 0.877. The van der Waals surface area contributed by atoms with Crippen molar-refractivity contribution in [3.63, 3.8) is 0 Å². The normalized spacial score (nSPS) is 11.1. The van der Waals surface area contributed by atoms with Crippen LogP contribution in [-0.2, 0) is 5.92 Å². The van der Waals surface area contributed by atoms with Gasteiger partial charge < -0.3 is 0 Å². The lowest BCUT2D eigenvalue weighted by molar-refractivity contribution is 0.0172. The first kappa shape index (κ1) is 8.15. The third kappa shape index (κ3) is 1.75. The SMILES string of the molecule is C#Cc1csc(C(C)(F)F)n1. The molecule has 0 aromatic carbocycles. The summed E-state index contributed by atoms with van der Waals surface area (Å²) in [6.07, 6.45) is 4.96. The van der Waals surface area contributed by atoms with Crippen LogP contribution in [0.5, 0.6) is 0 Å². The number of rotatable bonds is 1. The molecular weight excluding hydrogens is 168 g/mol. The minimum Gasteiger partial charge on any atom is -0.226 e. The van der Waals surface area contributed by atoms with Crippen LogP contribution < -0.4 is 0 Å². The van der Waals surface area contributed by atoms with Gasteiger partial charge in [-0.3, -0.25) is 0 Å². The Morgan fingerprint density at radius 2 is 2.36 bits per heavy atom. The molecule has 0 amide bonds. The van der Waals surface area contributed by atoms with Crippen LogP contribution in [0.4, 0.5) is 8.78 Å². The van der Waals surface area contributed by atoms with Crippen molar-refractivity contribution in [2.24, 2.45) is 0 Å². The molecule has 0 saturated carbocycles. The van der Waals surface area contributed by atoms with E-state index in [1.165, 1.54) is 5.38 Å². The molecule has 0 saturated heterocycles. The Kier molecular flexibility index (Phi) is 1.92. The zero-order chi connectivity index (χ0) is 8.48. The molecule has 0 radical (unpaired) electrons. The molecule has 0 unspecified atom stereocenters. The molecule has 1 aromatic rings. The summed E-state index contributed by atoms with van der Waals surface area (Å²) in [5, 5.41) is 1.21. The molecule has 4 heteroatoms. The Balaban J connectivity index is 3.01. The maximum Gasteiger partial charge on any atom is 0.296 e. The first-order valence-electron chi connectivity index (χ1n) is 2.84. The van der Waals surface area contributed by atoms with E-state index in [9.17, 15) is 8.78 Å². The first-order chi connectivity index (χ1) is 5.04. The Morgan fingerprint density at radius 1 is 1.73 bits per heavy atom. The van der Waals surface area contributed by atoms with Gasteiger partial charge in [0.2, 0.25) is 0 Å². The van der Waals surface area contributed by atoms with Crippen LogP contribution in [0.2, 0.25) is 0 Å². The van der Waals surface area contributed by atoms with E-state index in [-0.39, 0.29) is 10.7 Å². The fraction of sp³-hybridized carbons (Fsp3) is 0.286. The van der Waals surface area contributed by atoms with Crippen LogP contribution >= 0.6 is 11.3 Å². The summed E-state index contributed by atoms with van der Waals surface area (Å²) in [5.74, 6) is -0.690. The first-order valence-corrected chi connectivity index (χ1v) is 3.72. The second kappa shape index (κ2) is 2.59. The van der Waals surface area contributed by atoms with E-state index in [0.717, 1.165) is 18.3 Å². The van der Waals surface area contributed by atoms with E-state index in [1.54, 1.807) is 0 Å². The second-order valence-corrected chi connectivity index (χ2v) is 2.93. The van der Waals surface area contributed by atoms with Crippen LogP contribution in [0.3, 0.4) is 0 Å². The van der Waals surface area contributed by atoms with E-state index in [1.807, 2.05) is 0 Å². The zero-order valence-corrected chi connectivity index (χ0v) is 6.58. The minimum atomic E-state index is -2.88. The predicted octanol–water partition coefficient (Wildman–Crippen LogP) is 2.24. The molecule has 0 atom stereocenters. The van der Waals surface area contributed by atoms with Crippen molar-refractivity contribution in [3.05, 3.63) is 16.1 Å². The van der Waals surface area contributed by atoms with Gasteiger partial charge in [-0.1, -0.05) is 0 Å². The Labute approximate surface area is 67.1 Å². The van der Waals surface area contributed by atoms with Crippen LogP contribution in [0.15, 0.2) is 5.38 Å². The van der Waals surface area contributed by atoms with Gasteiger partial charge in [0.1, 0.15) is 5.69 Å². The third-order valence-electron chi connectivity index (χ3n) is 1.03. The molecule has 1 heterocycles. The zero-order valence-electron chi connectivity index (χ0n) is 5.77. The van der Waals surface area contributed by atoms with Gasteiger partial charge in [0.15, 0.2) is 5.01 Å². The fourth-order valence-electron chi connectivity index (χ4n) is 0.542. The fourth-order valence-corrected chi connectivity index (χ4v) is 1.24. The topological polar surface area (TPSA) is 12.9 Å². The smallest absolute Gasteiger partial charge is 0.226 e. The molecule has 0 N–H and O–H groups in total. The molecule has 58 valence electrons. The van der Waals surface area contributed by atoms with Gasteiger partial charge in [-0.05, 0) is 5.92 Å². The maximum atomic E-state index is 12.5. The van der Waals surface area contributed by atoms with Gasteiger partial charge in [0.05, 0.1) is 0 Å². The van der Waals surface area contributed by atoms with E-state index >= 15 is 0 Å². The quantitative estimate of drug-likeness (QED) is 0.593. The molecule has 0 fully saturated rings. The second-order valence-electron chi connectivity index (χ2n) is 2.07. The maximum absolute atomic E-state index is 12.5. The van der Waals surface area contributed by atoms with E-state index in [4.69, 9.17) is 6.42 Å². The van der Waals surface area contributed by atoms with Gasteiger partial charge >= 0.3 is 0 Å². The van der Waals surface area contributed by atoms with Gasteiger partial charge in [0, 0.05) is 12.3 Å². The van der Waals surface area contributed by atoms with Crippen LogP contribution in [0.25, 0.3) is 0 Å². The molecule has 0 aliphatic carbocycles. The molecule has 1 nitrogen and oxygen atoms in total. The molecule has 0 aliphatic heterocycles. The highest BCUT2D eigenvalue weighted by Crippen LogP contribution is 2.29. The third-order valence-corrected chi connectivity index (χ3v) is 2.04.